The van der Waals surface area contributed by atoms with E-state index in [2.05, 4.69) is 10.6 Å². The number of primary amides is 1. The Kier molecular flexibility index (Phi) is 5.50. The van der Waals surface area contributed by atoms with Gasteiger partial charge < -0.3 is 22.1 Å². The van der Waals surface area contributed by atoms with Gasteiger partial charge in [-0.15, -0.1) is 0 Å². The second-order valence-corrected chi connectivity index (χ2v) is 3.89. The monoisotopic (exact) mass is 250 g/mol. The summed E-state index contributed by atoms with van der Waals surface area (Å²) >= 11 is 0. The van der Waals surface area contributed by atoms with E-state index in [4.69, 9.17) is 11.5 Å². The molecule has 0 unspecified atom stereocenters. The third-order valence-corrected chi connectivity index (χ3v) is 2.34. The number of carbonyl (C=O) groups excluding carboxylic acids is 2. The third-order valence-electron chi connectivity index (χ3n) is 2.34. The molecule has 0 aliphatic carbocycles. The van der Waals surface area contributed by atoms with Gasteiger partial charge in [0.15, 0.2) is 0 Å². The molecule has 0 aromatic heterocycles. The van der Waals surface area contributed by atoms with Gasteiger partial charge in [0.2, 0.25) is 5.91 Å². The molecule has 6 nitrogen and oxygen atoms in total. The normalized spacial score (nSPS) is 9.78. The molecule has 3 amide bonds. The first kappa shape index (κ1) is 13.8. The lowest BCUT2D eigenvalue weighted by Crippen LogP contribution is -2.37. The number of hydrogen-bond acceptors (Lipinski definition) is 3. The molecule has 18 heavy (non-hydrogen) atoms. The van der Waals surface area contributed by atoms with Gasteiger partial charge in [0.1, 0.15) is 0 Å². The minimum atomic E-state index is -0.594. The Morgan fingerprint density at radius 2 is 1.89 bits per heavy atom. The van der Waals surface area contributed by atoms with Gasteiger partial charge in [-0.05, 0) is 24.1 Å². The SMILES string of the molecule is NC(=O)NCCNC(=O)CCc1cccc(N)c1. The van der Waals surface area contributed by atoms with Crippen molar-refractivity contribution < 1.29 is 9.59 Å². The van der Waals surface area contributed by atoms with Crippen molar-refractivity contribution in [1.82, 2.24) is 10.6 Å². The lowest BCUT2D eigenvalue weighted by molar-refractivity contribution is -0.121. The minimum Gasteiger partial charge on any atom is -0.399 e. The Morgan fingerprint density at radius 1 is 1.17 bits per heavy atom. The fraction of sp³-hybridized carbons (Fsp3) is 0.333. The van der Waals surface area contributed by atoms with E-state index >= 15 is 0 Å². The van der Waals surface area contributed by atoms with Crippen LogP contribution in [0.1, 0.15) is 12.0 Å². The smallest absolute Gasteiger partial charge is 0.312 e. The first-order valence-electron chi connectivity index (χ1n) is 5.72. The quantitative estimate of drug-likeness (QED) is 0.421. The van der Waals surface area contributed by atoms with Crippen LogP contribution in [0.5, 0.6) is 0 Å². The van der Waals surface area contributed by atoms with E-state index < -0.39 is 6.03 Å². The fourth-order valence-corrected chi connectivity index (χ4v) is 1.48. The highest BCUT2D eigenvalue weighted by Crippen LogP contribution is 2.08. The van der Waals surface area contributed by atoms with E-state index in [9.17, 15) is 9.59 Å². The van der Waals surface area contributed by atoms with Gasteiger partial charge >= 0.3 is 6.03 Å². The van der Waals surface area contributed by atoms with Crippen molar-refractivity contribution in [2.75, 3.05) is 18.8 Å². The lowest BCUT2D eigenvalue weighted by Gasteiger charge is -2.06. The molecular weight excluding hydrogens is 232 g/mol. The number of anilines is 1. The molecule has 1 rings (SSSR count). The minimum absolute atomic E-state index is 0.0660. The van der Waals surface area contributed by atoms with E-state index in [1.54, 1.807) is 6.07 Å². The van der Waals surface area contributed by atoms with Crippen molar-refractivity contribution in [1.29, 1.82) is 0 Å². The maximum absolute atomic E-state index is 11.5. The zero-order valence-corrected chi connectivity index (χ0v) is 10.1. The number of hydrogen-bond donors (Lipinski definition) is 4. The van der Waals surface area contributed by atoms with Gasteiger partial charge in [0.05, 0.1) is 0 Å². The number of aryl methyl sites for hydroxylation is 1. The summed E-state index contributed by atoms with van der Waals surface area (Å²) in [6.45, 7) is 0.706. The summed E-state index contributed by atoms with van der Waals surface area (Å²) in [5, 5.41) is 5.07. The standard InChI is InChI=1S/C12H18N4O2/c13-10-3-1-2-9(8-10)4-5-11(17)15-6-7-16-12(14)18/h1-3,8H,4-7,13H2,(H,15,17)(H3,14,16,18). The Hall–Kier alpha value is -2.24. The van der Waals surface area contributed by atoms with Crippen LogP contribution in [0.25, 0.3) is 0 Å². The average Bonchev–Trinajstić information content (AvgIpc) is 2.32. The van der Waals surface area contributed by atoms with Crippen LogP contribution in [0, 0.1) is 0 Å². The molecule has 0 aliphatic rings. The number of benzene rings is 1. The maximum atomic E-state index is 11.5. The summed E-state index contributed by atoms with van der Waals surface area (Å²) in [5.41, 5.74) is 12.2. The first-order chi connectivity index (χ1) is 8.58. The predicted octanol–water partition coefficient (Wildman–Crippen LogP) is -0.0141. The zero-order chi connectivity index (χ0) is 13.4. The van der Waals surface area contributed by atoms with Crippen molar-refractivity contribution in [3.05, 3.63) is 29.8 Å². The van der Waals surface area contributed by atoms with E-state index in [-0.39, 0.29) is 5.91 Å². The van der Waals surface area contributed by atoms with E-state index in [1.807, 2.05) is 18.2 Å². The van der Waals surface area contributed by atoms with Crippen molar-refractivity contribution in [3.63, 3.8) is 0 Å². The number of carbonyl (C=O) groups is 2. The molecule has 6 N–H and O–H groups in total. The lowest BCUT2D eigenvalue weighted by atomic mass is 10.1. The summed E-state index contributed by atoms with van der Waals surface area (Å²) in [6, 6.07) is 6.85. The summed E-state index contributed by atoms with van der Waals surface area (Å²) in [5.74, 6) is -0.0660. The Balaban J connectivity index is 2.19. The summed E-state index contributed by atoms with van der Waals surface area (Å²) in [4.78, 5) is 21.8. The number of urea groups is 1. The van der Waals surface area contributed by atoms with Crippen molar-refractivity contribution >= 4 is 17.6 Å². The average molecular weight is 250 g/mol. The zero-order valence-electron chi connectivity index (χ0n) is 10.1. The number of rotatable bonds is 6. The van der Waals surface area contributed by atoms with Gasteiger partial charge in [0, 0.05) is 25.2 Å². The summed E-state index contributed by atoms with van der Waals surface area (Å²) in [7, 11) is 0. The van der Waals surface area contributed by atoms with Crippen LogP contribution in [0.3, 0.4) is 0 Å². The third kappa shape index (κ3) is 5.74. The number of amides is 3. The second kappa shape index (κ2) is 7.16. The van der Waals surface area contributed by atoms with Crippen LogP contribution >= 0.6 is 0 Å². The Labute approximate surface area is 106 Å². The molecule has 0 aliphatic heterocycles. The van der Waals surface area contributed by atoms with E-state index in [1.165, 1.54) is 0 Å². The molecule has 1 aromatic rings. The Bertz CT molecular complexity index is 420. The molecule has 98 valence electrons. The van der Waals surface area contributed by atoms with E-state index in [0.29, 0.717) is 31.6 Å². The van der Waals surface area contributed by atoms with Crippen molar-refractivity contribution in [3.8, 4) is 0 Å². The van der Waals surface area contributed by atoms with Gasteiger partial charge in [-0.3, -0.25) is 4.79 Å². The molecule has 0 heterocycles. The molecule has 0 spiro atoms. The van der Waals surface area contributed by atoms with Crippen LogP contribution in [0.15, 0.2) is 24.3 Å². The molecule has 0 fully saturated rings. The van der Waals surface area contributed by atoms with Crippen molar-refractivity contribution in [2.45, 2.75) is 12.8 Å². The topological polar surface area (TPSA) is 110 Å². The molecule has 0 atom stereocenters. The maximum Gasteiger partial charge on any atom is 0.312 e. The summed E-state index contributed by atoms with van der Waals surface area (Å²) < 4.78 is 0. The highest BCUT2D eigenvalue weighted by atomic mass is 16.2. The van der Waals surface area contributed by atoms with Crippen LogP contribution < -0.4 is 22.1 Å². The molecule has 0 saturated carbocycles. The number of nitrogens with two attached hydrogens (primary N) is 2. The Morgan fingerprint density at radius 3 is 2.56 bits per heavy atom. The highest BCUT2D eigenvalue weighted by Gasteiger charge is 2.02. The number of nitrogens with one attached hydrogen (secondary N) is 2. The van der Waals surface area contributed by atoms with Crippen LogP contribution in [0.4, 0.5) is 10.5 Å². The van der Waals surface area contributed by atoms with Crippen LogP contribution in [0.2, 0.25) is 0 Å². The molecular formula is C12H18N4O2. The van der Waals surface area contributed by atoms with Crippen LogP contribution in [-0.4, -0.2) is 25.0 Å². The predicted molar refractivity (Wildman–Crippen MR) is 69.8 cm³/mol. The van der Waals surface area contributed by atoms with Gasteiger partial charge in [-0.1, -0.05) is 12.1 Å². The van der Waals surface area contributed by atoms with Crippen molar-refractivity contribution in [2.24, 2.45) is 5.73 Å². The second-order valence-electron chi connectivity index (χ2n) is 3.89. The van der Waals surface area contributed by atoms with Gasteiger partial charge in [-0.25, -0.2) is 4.79 Å². The fourth-order valence-electron chi connectivity index (χ4n) is 1.48. The molecule has 0 saturated heterocycles. The van der Waals surface area contributed by atoms with E-state index in [0.717, 1.165) is 5.56 Å². The molecule has 0 bridgehead atoms. The van der Waals surface area contributed by atoms with Gasteiger partial charge in [0.25, 0.3) is 0 Å². The highest BCUT2D eigenvalue weighted by molar-refractivity contribution is 5.76. The first-order valence-corrected chi connectivity index (χ1v) is 5.72. The van der Waals surface area contributed by atoms with Crippen LogP contribution in [-0.2, 0) is 11.2 Å². The largest absolute Gasteiger partial charge is 0.399 e. The van der Waals surface area contributed by atoms with Gasteiger partial charge in [-0.2, -0.15) is 0 Å². The summed E-state index contributed by atoms with van der Waals surface area (Å²) in [6.07, 6.45) is 1.03. The molecule has 0 radical (unpaired) electrons. The molecule has 1 aromatic carbocycles. The molecule has 6 heteroatoms. The number of nitrogen functional groups attached to an aromatic ring is 1.